The lowest BCUT2D eigenvalue weighted by atomic mass is 9.45. The Morgan fingerprint density at radius 3 is 2.72 bits per heavy atom. The summed E-state index contributed by atoms with van der Waals surface area (Å²) in [5, 5.41) is 0. The van der Waals surface area contributed by atoms with Crippen molar-refractivity contribution < 1.29 is 13.9 Å². The summed E-state index contributed by atoms with van der Waals surface area (Å²) in [4.78, 5) is 13.1. The third-order valence-electron chi connectivity index (χ3n) is 8.44. The fourth-order valence-corrected chi connectivity index (χ4v) is 6.60. The summed E-state index contributed by atoms with van der Waals surface area (Å²) in [7, 11) is 1.58. The van der Waals surface area contributed by atoms with Gasteiger partial charge in [-0.15, -0.1) is 0 Å². The van der Waals surface area contributed by atoms with Gasteiger partial charge in [0.15, 0.2) is 5.43 Å². The lowest BCUT2D eigenvalue weighted by molar-refractivity contribution is -0.142. The van der Waals surface area contributed by atoms with E-state index in [9.17, 15) is 4.79 Å². The minimum atomic E-state index is 0.0490. The molecule has 158 valence electrons. The van der Waals surface area contributed by atoms with E-state index in [1.807, 2.05) is 20.1 Å². The summed E-state index contributed by atoms with van der Waals surface area (Å²) in [5.74, 6) is 1.77. The molecular weight excluding hydrogens is 364 g/mol. The maximum atomic E-state index is 13.1. The van der Waals surface area contributed by atoms with Gasteiger partial charge in [-0.2, -0.15) is 0 Å². The van der Waals surface area contributed by atoms with Crippen LogP contribution in [0.5, 0.6) is 5.95 Å². The molecule has 0 radical (unpaired) electrons. The van der Waals surface area contributed by atoms with Crippen molar-refractivity contribution in [2.75, 3.05) is 7.11 Å². The van der Waals surface area contributed by atoms with Crippen molar-refractivity contribution in [1.29, 1.82) is 0 Å². The second kappa shape index (κ2) is 7.07. The van der Waals surface area contributed by atoms with Crippen molar-refractivity contribution in [2.24, 2.45) is 22.7 Å². The van der Waals surface area contributed by atoms with E-state index in [2.05, 4.69) is 26.5 Å². The van der Waals surface area contributed by atoms with E-state index in [1.54, 1.807) is 7.11 Å². The molecule has 2 saturated carbocycles. The number of allylic oxidation sites excluding steroid dienone is 2. The van der Waals surface area contributed by atoms with Gasteiger partial charge in [-0.1, -0.05) is 26.0 Å². The molecule has 4 heteroatoms. The van der Waals surface area contributed by atoms with Crippen LogP contribution >= 0.6 is 0 Å². The normalized spacial score (nSPS) is 36.2. The molecule has 0 aromatic carbocycles. The first kappa shape index (κ1) is 20.3. The molecule has 1 aromatic heterocycles. The topological polar surface area (TPSA) is 48.7 Å². The highest BCUT2D eigenvalue weighted by atomic mass is 16.6. The van der Waals surface area contributed by atoms with Crippen molar-refractivity contribution in [3.05, 3.63) is 51.6 Å². The van der Waals surface area contributed by atoms with Crippen LogP contribution in [-0.2, 0) is 11.2 Å². The molecule has 2 heterocycles. The maximum Gasteiger partial charge on any atom is 0.291 e. The minimum Gasteiger partial charge on any atom is -0.498 e. The number of ether oxygens (including phenoxy) is 2. The van der Waals surface area contributed by atoms with E-state index in [4.69, 9.17) is 13.9 Å². The van der Waals surface area contributed by atoms with Gasteiger partial charge >= 0.3 is 0 Å². The van der Waals surface area contributed by atoms with Crippen molar-refractivity contribution in [3.8, 4) is 5.95 Å². The van der Waals surface area contributed by atoms with Crippen LogP contribution in [-0.4, -0.2) is 13.2 Å². The summed E-state index contributed by atoms with van der Waals surface area (Å²) in [5.41, 5.74) is 2.87. The fourth-order valence-electron chi connectivity index (χ4n) is 6.60. The molecule has 1 aromatic rings. The summed E-state index contributed by atoms with van der Waals surface area (Å²) < 4.78 is 17.4. The van der Waals surface area contributed by atoms with Gasteiger partial charge in [0.2, 0.25) is 0 Å². The number of rotatable bonds is 3. The van der Waals surface area contributed by atoms with Gasteiger partial charge in [0, 0.05) is 11.0 Å². The first-order valence-corrected chi connectivity index (χ1v) is 10.9. The van der Waals surface area contributed by atoms with Crippen LogP contribution in [0.2, 0.25) is 0 Å². The summed E-state index contributed by atoms with van der Waals surface area (Å²) in [6, 6.07) is 0. The molecule has 5 atom stereocenters. The zero-order valence-corrected chi connectivity index (χ0v) is 18.5. The van der Waals surface area contributed by atoms with Gasteiger partial charge in [-0.05, 0) is 75.7 Å². The lowest BCUT2D eigenvalue weighted by Gasteiger charge is -2.61. The summed E-state index contributed by atoms with van der Waals surface area (Å²) >= 11 is 0. The number of fused-ring (bicyclic) bond motifs is 3. The molecule has 29 heavy (non-hydrogen) atoms. The fraction of sp³-hybridized carbons (Fsp3) is 0.640. The molecule has 4 rings (SSSR count). The van der Waals surface area contributed by atoms with Crippen molar-refractivity contribution in [1.82, 2.24) is 0 Å². The van der Waals surface area contributed by atoms with Crippen LogP contribution in [0.25, 0.3) is 0 Å². The molecule has 4 nitrogen and oxygen atoms in total. The van der Waals surface area contributed by atoms with Gasteiger partial charge in [-0.25, -0.2) is 0 Å². The van der Waals surface area contributed by atoms with Crippen molar-refractivity contribution >= 4 is 0 Å². The molecule has 0 spiro atoms. The highest BCUT2D eigenvalue weighted by Crippen LogP contribution is 2.63. The minimum absolute atomic E-state index is 0.0490. The molecular formula is C25H34O4. The van der Waals surface area contributed by atoms with Gasteiger partial charge < -0.3 is 13.9 Å². The van der Waals surface area contributed by atoms with E-state index < -0.39 is 0 Å². The summed E-state index contributed by atoms with van der Waals surface area (Å²) in [6.45, 7) is 12.9. The zero-order chi connectivity index (χ0) is 21.0. The monoisotopic (exact) mass is 398 g/mol. The third-order valence-corrected chi connectivity index (χ3v) is 8.44. The highest BCUT2D eigenvalue weighted by molar-refractivity contribution is 5.33. The van der Waals surface area contributed by atoms with Gasteiger partial charge in [0.1, 0.15) is 11.9 Å². The maximum absolute atomic E-state index is 13.1. The Balaban J connectivity index is 1.75. The molecule has 2 fully saturated rings. The van der Waals surface area contributed by atoms with Crippen LogP contribution in [0.15, 0.2) is 33.7 Å². The van der Waals surface area contributed by atoms with Gasteiger partial charge in [0.05, 0.1) is 18.9 Å². The molecule has 3 aliphatic rings. The SMILES string of the molecule is C=C1CC[C@H]2C3(C)CC=CO[C@@H]3CC[C@]2(C)[C@@H]1Cc1c(OC)oc(C)c(C)c1=O. The number of hydrogen-bond donors (Lipinski definition) is 0. The first-order chi connectivity index (χ1) is 13.7. The van der Waals surface area contributed by atoms with Crippen molar-refractivity contribution in [3.63, 3.8) is 0 Å². The van der Waals surface area contributed by atoms with E-state index in [-0.39, 0.29) is 22.2 Å². The molecule has 0 bridgehead atoms. The van der Waals surface area contributed by atoms with Gasteiger partial charge in [-0.3, -0.25) is 4.79 Å². The Hall–Kier alpha value is -1.97. The van der Waals surface area contributed by atoms with Crippen LogP contribution in [0, 0.1) is 36.5 Å². The Bertz CT molecular complexity index is 910. The van der Waals surface area contributed by atoms with Crippen LogP contribution in [0.1, 0.15) is 62.8 Å². The van der Waals surface area contributed by atoms with Crippen LogP contribution < -0.4 is 10.2 Å². The van der Waals surface area contributed by atoms with E-state index >= 15 is 0 Å². The Morgan fingerprint density at radius 1 is 1.24 bits per heavy atom. The molecule has 0 N–H and O–H groups in total. The molecule has 1 aliphatic heterocycles. The predicted octanol–water partition coefficient (Wildman–Crippen LogP) is 5.50. The second-order valence-electron chi connectivity index (χ2n) is 9.84. The van der Waals surface area contributed by atoms with Gasteiger partial charge in [0.25, 0.3) is 5.95 Å². The standard InChI is InChI=1S/C25H34O4/c1-15-8-9-20-24(4,12-10-21-25(20,5)11-7-13-28-21)19(15)14-18-22(26)16(2)17(3)29-23(18)27-6/h7,13,19-21H,1,8-12,14H2,2-6H3/t19-,20-,21-,24-,25?/m1/s1. The smallest absolute Gasteiger partial charge is 0.291 e. The predicted molar refractivity (Wildman–Crippen MR) is 114 cm³/mol. The number of aryl methyl sites for hydroxylation is 1. The largest absolute Gasteiger partial charge is 0.498 e. The first-order valence-electron chi connectivity index (χ1n) is 10.9. The average Bonchev–Trinajstić information content (AvgIpc) is 2.69. The van der Waals surface area contributed by atoms with E-state index in [1.165, 1.54) is 5.57 Å². The van der Waals surface area contributed by atoms with E-state index in [0.717, 1.165) is 32.1 Å². The Morgan fingerprint density at radius 2 is 2.00 bits per heavy atom. The second-order valence-corrected chi connectivity index (χ2v) is 9.84. The van der Waals surface area contributed by atoms with E-state index in [0.29, 0.717) is 41.3 Å². The number of hydrogen-bond acceptors (Lipinski definition) is 4. The Kier molecular flexibility index (Phi) is 4.95. The zero-order valence-electron chi connectivity index (χ0n) is 18.5. The van der Waals surface area contributed by atoms with Crippen molar-refractivity contribution in [2.45, 2.75) is 72.3 Å². The summed E-state index contributed by atoms with van der Waals surface area (Å²) in [6.07, 6.45) is 10.4. The third kappa shape index (κ3) is 2.98. The molecule has 0 saturated heterocycles. The average molecular weight is 399 g/mol. The lowest BCUT2D eigenvalue weighted by Crippen LogP contribution is -2.57. The number of methoxy groups -OCH3 is 1. The highest BCUT2D eigenvalue weighted by Gasteiger charge is 2.58. The quantitative estimate of drug-likeness (QED) is 0.631. The Labute approximate surface area is 174 Å². The molecule has 1 unspecified atom stereocenters. The van der Waals surface area contributed by atoms with Crippen LogP contribution in [0.4, 0.5) is 0 Å². The molecule has 2 aliphatic carbocycles. The molecule has 0 amide bonds. The van der Waals surface area contributed by atoms with Crippen LogP contribution in [0.3, 0.4) is 0 Å².